The first-order valence-corrected chi connectivity index (χ1v) is 5.56. The Morgan fingerprint density at radius 1 is 1.20 bits per heavy atom. The Morgan fingerprint density at radius 3 is 2.60 bits per heavy atom. The molecule has 6 nitrogen and oxygen atoms in total. The number of benzene rings is 2. The van der Waals surface area contributed by atoms with Gasteiger partial charge in [0.15, 0.2) is 5.52 Å². The van der Waals surface area contributed by atoms with Gasteiger partial charge in [-0.15, -0.1) is 0 Å². The van der Waals surface area contributed by atoms with E-state index in [1.807, 2.05) is 0 Å². The Morgan fingerprint density at radius 2 is 1.90 bits per heavy atom. The summed E-state index contributed by atoms with van der Waals surface area (Å²) in [5.41, 5.74) is -0.414. The van der Waals surface area contributed by atoms with Crippen LogP contribution in [0.1, 0.15) is 0 Å². The van der Waals surface area contributed by atoms with Crippen molar-refractivity contribution in [2.45, 2.75) is 0 Å². The molecule has 0 aromatic heterocycles. The van der Waals surface area contributed by atoms with Crippen molar-refractivity contribution in [1.82, 2.24) is 4.73 Å². The molecule has 96 valence electrons. The quantitative estimate of drug-likeness (QED) is 0.226. The topological polar surface area (TPSA) is 81.2 Å². The molecule has 1 aromatic carbocycles. The van der Waals surface area contributed by atoms with Crippen LogP contribution in [0.25, 0.3) is 22.4 Å². The number of rotatable bonds is 1. The summed E-state index contributed by atoms with van der Waals surface area (Å²) in [5.74, 6) is 0.287. The first-order chi connectivity index (χ1) is 9.15. The molecule has 1 aliphatic heterocycles. The maximum absolute atomic E-state index is 12.3. The van der Waals surface area contributed by atoms with Crippen LogP contribution in [0.4, 0.5) is 0 Å². The van der Waals surface area contributed by atoms with Crippen molar-refractivity contribution >= 4 is 11.0 Å². The number of para-hydroxylation sites is 2. The van der Waals surface area contributed by atoms with Crippen LogP contribution in [-0.4, -0.2) is 11.8 Å². The maximum Gasteiger partial charge on any atom is 1.00 e. The van der Waals surface area contributed by atoms with Crippen molar-refractivity contribution < 1.29 is 39.0 Å². The summed E-state index contributed by atoms with van der Waals surface area (Å²) >= 11 is 0. The average molecular weight is 280 g/mol. The number of ether oxygens (including phenoxy) is 1. The Kier molecular flexibility index (Phi) is 3.89. The van der Waals surface area contributed by atoms with Crippen molar-refractivity contribution in [3.8, 4) is 17.1 Å². The van der Waals surface area contributed by atoms with Gasteiger partial charge in [0.2, 0.25) is 5.52 Å². The van der Waals surface area contributed by atoms with Crippen LogP contribution in [0, 0.1) is 10.4 Å². The van der Waals surface area contributed by atoms with Gasteiger partial charge < -0.3 is 19.9 Å². The van der Waals surface area contributed by atoms with Crippen LogP contribution in [0.3, 0.4) is 0 Å². The van der Waals surface area contributed by atoms with E-state index in [-0.39, 0.29) is 57.7 Å². The van der Waals surface area contributed by atoms with E-state index in [4.69, 9.17) is 4.74 Å². The number of aromatic nitrogens is 2. The average Bonchev–Trinajstić information content (AvgIpc) is 2.43. The molecular formula is C13H9N2NaO4. The molecule has 0 N–H and O–H groups in total. The monoisotopic (exact) mass is 280 g/mol. The fourth-order valence-electron chi connectivity index (χ4n) is 2.16. The van der Waals surface area contributed by atoms with Crippen LogP contribution in [-0.2, 0) is 0 Å². The first-order valence-electron chi connectivity index (χ1n) is 5.56. The van der Waals surface area contributed by atoms with Gasteiger partial charge in [0.25, 0.3) is 11.1 Å². The molecule has 1 aliphatic carbocycles. The third kappa shape index (κ3) is 1.93. The molecule has 3 rings (SSSR count). The van der Waals surface area contributed by atoms with E-state index in [0.29, 0.717) is 9.46 Å². The number of hydrogen-bond acceptors (Lipinski definition) is 4. The molecular weight excluding hydrogens is 271 g/mol. The molecule has 0 saturated heterocycles. The standard InChI is InChI=1S/C13H9N2O4.Na/c1-19-11-7-3-5-9-13(11)15(18)8-4-2-6-10(16)12(8)14(9)17;/h2-7H,1H3;/q-1;+1. The summed E-state index contributed by atoms with van der Waals surface area (Å²) in [4.78, 5) is 11.7. The normalized spacial score (nSPS) is 10.4. The maximum atomic E-state index is 12.3. The first kappa shape index (κ1) is 14.6. The largest absolute Gasteiger partial charge is 1.00 e. The van der Waals surface area contributed by atoms with Crippen molar-refractivity contribution in [3.63, 3.8) is 0 Å². The van der Waals surface area contributed by atoms with Crippen molar-refractivity contribution in [1.29, 1.82) is 0 Å². The molecule has 0 fully saturated rings. The van der Waals surface area contributed by atoms with Crippen LogP contribution in [0.2, 0.25) is 0 Å². The third-order valence-corrected chi connectivity index (χ3v) is 3.02. The van der Waals surface area contributed by atoms with Gasteiger partial charge in [-0.2, -0.15) is 4.73 Å². The molecule has 1 heterocycles. The van der Waals surface area contributed by atoms with E-state index in [0.717, 1.165) is 0 Å². The van der Waals surface area contributed by atoms with E-state index >= 15 is 0 Å². The summed E-state index contributed by atoms with van der Waals surface area (Å²) in [6.45, 7) is 0. The summed E-state index contributed by atoms with van der Waals surface area (Å²) in [6.07, 6.45) is 0. The third-order valence-electron chi connectivity index (χ3n) is 3.02. The van der Waals surface area contributed by atoms with Gasteiger partial charge in [-0.1, -0.05) is 12.1 Å². The van der Waals surface area contributed by atoms with E-state index in [1.165, 1.54) is 31.4 Å². The fraction of sp³-hybridized carbons (Fsp3) is 0.0769. The summed E-state index contributed by atoms with van der Waals surface area (Å²) < 4.78 is 6.12. The minimum atomic E-state index is -0.484. The Hall–Kier alpha value is -1.76. The van der Waals surface area contributed by atoms with Gasteiger partial charge in [0.1, 0.15) is 11.4 Å². The van der Waals surface area contributed by atoms with Gasteiger partial charge in [0, 0.05) is 6.07 Å². The van der Waals surface area contributed by atoms with Gasteiger partial charge >= 0.3 is 29.6 Å². The minimum Gasteiger partial charge on any atom is -0.805 e. The number of hydrogen-bond donors (Lipinski definition) is 0. The molecule has 0 atom stereocenters. The zero-order valence-electron chi connectivity index (χ0n) is 11.0. The van der Waals surface area contributed by atoms with E-state index in [9.17, 15) is 15.2 Å². The molecule has 0 saturated carbocycles. The van der Waals surface area contributed by atoms with Gasteiger partial charge in [-0.05, 0) is 18.2 Å². The van der Waals surface area contributed by atoms with Gasteiger partial charge in [-0.25, -0.2) is 0 Å². The summed E-state index contributed by atoms with van der Waals surface area (Å²) in [5, 5.41) is 24.6. The Balaban J connectivity index is 0.00000147. The predicted octanol–water partition coefficient (Wildman–Crippen LogP) is -1.90. The second kappa shape index (κ2) is 5.32. The molecule has 2 aliphatic rings. The van der Waals surface area contributed by atoms with Crippen molar-refractivity contribution in [2.75, 3.05) is 7.11 Å². The van der Waals surface area contributed by atoms with Gasteiger partial charge in [0.05, 0.1) is 7.11 Å². The van der Waals surface area contributed by atoms with E-state index in [1.54, 1.807) is 12.1 Å². The number of nitrogens with zero attached hydrogens (tertiary/aromatic N) is 2. The number of methoxy groups -OCH3 is 1. The second-order valence-electron chi connectivity index (χ2n) is 4.04. The molecule has 1 aromatic rings. The molecule has 0 spiro atoms. The Bertz CT molecular complexity index is 815. The molecule has 0 radical (unpaired) electrons. The molecule has 7 heteroatoms. The van der Waals surface area contributed by atoms with Crippen LogP contribution in [0.5, 0.6) is 5.75 Å². The summed E-state index contributed by atoms with van der Waals surface area (Å²) in [7, 11) is 1.41. The number of fused-ring (bicyclic) bond motifs is 2. The smallest absolute Gasteiger partial charge is 0.805 e. The zero-order chi connectivity index (χ0) is 13.6. The molecule has 0 amide bonds. The molecule has 20 heavy (non-hydrogen) atoms. The fourth-order valence-corrected chi connectivity index (χ4v) is 2.16. The minimum absolute atomic E-state index is 0. The molecule has 0 unspecified atom stereocenters. The molecule has 0 bridgehead atoms. The summed E-state index contributed by atoms with van der Waals surface area (Å²) in [6, 6.07) is 8.79. The predicted molar refractivity (Wildman–Crippen MR) is 69.1 cm³/mol. The van der Waals surface area contributed by atoms with E-state index in [2.05, 4.69) is 0 Å². The zero-order valence-corrected chi connectivity index (χ0v) is 13.0. The van der Waals surface area contributed by atoms with Gasteiger partial charge in [-0.3, -0.25) is 4.79 Å². The van der Waals surface area contributed by atoms with Crippen LogP contribution < -0.4 is 44.5 Å². The second-order valence-corrected chi connectivity index (χ2v) is 4.04. The Labute approximate surface area is 136 Å². The van der Waals surface area contributed by atoms with Crippen LogP contribution >= 0.6 is 0 Å². The van der Waals surface area contributed by atoms with Crippen LogP contribution in [0.15, 0.2) is 41.2 Å². The van der Waals surface area contributed by atoms with Crippen molar-refractivity contribution in [3.05, 3.63) is 57.0 Å². The SMILES string of the molecule is COc1cccc2c1n([O-])c1cccc(=O)c-1[n+]2[O-].[Na+]. The van der Waals surface area contributed by atoms with E-state index < -0.39 is 5.43 Å². The van der Waals surface area contributed by atoms with Crippen molar-refractivity contribution in [2.24, 2.45) is 0 Å².